The molecule has 62 valence electrons. The van der Waals surface area contributed by atoms with Crippen molar-refractivity contribution in [2.24, 2.45) is 0 Å². The zero-order valence-corrected chi connectivity index (χ0v) is 8.95. The maximum Gasteiger partial charge on any atom is 0.200 e. The molecule has 0 saturated carbocycles. The van der Waals surface area contributed by atoms with Gasteiger partial charge in [-0.05, 0) is 13.3 Å². The maximum absolute atomic E-state index is 11.3. The number of hydrogen-bond acceptors (Lipinski definition) is 2. The Labute approximate surface area is 70.9 Å². The summed E-state index contributed by atoms with van der Waals surface area (Å²) in [5, 5.41) is 0.901. The van der Waals surface area contributed by atoms with Crippen molar-refractivity contribution < 1.29 is 9.09 Å². The number of hydrogen-bond donors (Lipinski definition) is 0. The van der Waals surface area contributed by atoms with Gasteiger partial charge in [0.05, 0.1) is 6.61 Å². The van der Waals surface area contributed by atoms with Gasteiger partial charge in [0.2, 0.25) is 0 Å². The van der Waals surface area contributed by atoms with Gasteiger partial charge < -0.3 is 4.52 Å². The van der Waals surface area contributed by atoms with E-state index in [9.17, 15) is 4.57 Å². The van der Waals surface area contributed by atoms with E-state index in [0.29, 0.717) is 12.8 Å². The van der Waals surface area contributed by atoms with Gasteiger partial charge >= 0.3 is 0 Å². The molecule has 0 bridgehead atoms. The summed E-state index contributed by atoms with van der Waals surface area (Å²) in [5.74, 6) is 0. The van der Waals surface area contributed by atoms with Crippen molar-refractivity contribution in [3.05, 3.63) is 0 Å². The lowest BCUT2D eigenvalue weighted by molar-refractivity contribution is 0.337. The van der Waals surface area contributed by atoms with E-state index in [-0.39, 0.29) is 0 Å². The maximum atomic E-state index is 11.3. The number of halogens is 1. The van der Waals surface area contributed by atoms with E-state index in [4.69, 9.17) is 4.52 Å². The second-order valence-corrected chi connectivity index (χ2v) is 5.72. The van der Waals surface area contributed by atoms with Gasteiger partial charge in [-0.25, -0.2) is 0 Å². The minimum Gasteiger partial charge on any atom is -0.329 e. The SMILES string of the molecule is CCOP(C)(=O)CCCBr. The van der Waals surface area contributed by atoms with Crippen LogP contribution in [0.1, 0.15) is 13.3 Å². The van der Waals surface area contributed by atoms with Crippen LogP contribution in [0.25, 0.3) is 0 Å². The Morgan fingerprint density at radius 3 is 2.60 bits per heavy atom. The molecule has 0 aromatic carbocycles. The fourth-order valence-electron chi connectivity index (χ4n) is 0.685. The van der Waals surface area contributed by atoms with E-state index in [1.807, 2.05) is 6.92 Å². The van der Waals surface area contributed by atoms with E-state index in [1.54, 1.807) is 6.66 Å². The molecule has 10 heavy (non-hydrogen) atoms. The topological polar surface area (TPSA) is 26.3 Å². The van der Waals surface area contributed by atoms with Crippen LogP contribution in [0.3, 0.4) is 0 Å². The highest BCUT2D eigenvalue weighted by molar-refractivity contribution is 9.09. The van der Waals surface area contributed by atoms with Crippen LogP contribution in [0.5, 0.6) is 0 Å². The van der Waals surface area contributed by atoms with Crippen molar-refractivity contribution in [2.45, 2.75) is 13.3 Å². The van der Waals surface area contributed by atoms with Crippen LogP contribution in [0.15, 0.2) is 0 Å². The van der Waals surface area contributed by atoms with Crippen molar-refractivity contribution in [2.75, 3.05) is 24.8 Å². The predicted molar refractivity (Wildman–Crippen MR) is 48.4 cm³/mol. The highest BCUT2D eigenvalue weighted by Crippen LogP contribution is 2.42. The first-order valence-electron chi connectivity index (χ1n) is 3.39. The van der Waals surface area contributed by atoms with Crippen LogP contribution in [0.2, 0.25) is 0 Å². The van der Waals surface area contributed by atoms with Crippen molar-refractivity contribution in [3.63, 3.8) is 0 Å². The third-order valence-corrected chi connectivity index (χ3v) is 3.59. The summed E-state index contributed by atoms with van der Waals surface area (Å²) in [6.45, 7) is 4.11. The molecule has 2 nitrogen and oxygen atoms in total. The molecule has 0 saturated heterocycles. The minimum atomic E-state index is -2.24. The van der Waals surface area contributed by atoms with E-state index in [1.165, 1.54) is 0 Å². The standard InChI is InChI=1S/C6H14BrO2P/c1-3-9-10(2,8)6-4-5-7/h3-6H2,1-2H3. The van der Waals surface area contributed by atoms with E-state index in [0.717, 1.165) is 11.8 Å². The molecule has 1 unspecified atom stereocenters. The largest absolute Gasteiger partial charge is 0.329 e. The molecule has 0 heterocycles. The second-order valence-electron chi connectivity index (χ2n) is 2.20. The molecular formula is C6H14BrO2P. The van der Waals surface area contributed by atoms with Crippen LogP contribution in [0.4, 0.5) is 0 Å². The Morgan fingerprint density at radius 1 is 1.60 bits per heavy atom. The average Bonchev–Trinajstić information content (AvgIpc) is 1.84. The normalized spacial score (nSPS) is 16.7. The van der Waals surface area contributed by atoms with Gasteiger partial charge in [-0.1, -0.05) is 15.9 Å². The first kappa shape index (κ1) is 10.7. The lowest BCUT2D eigenvalue weighted by Gasteiger charge is -2.10. The minimum absolute atomic E-state index is 0.552. The van der Waals surface area contributed by atoms with Gasteiger partial charge in [-0.3, -0.25) is 4.57 Å². The molecule has 0 amide bonds. The van der Waals surface area contributed by atoms with E-state index in [2.05, 4.69) is 15.9 Å². The Morgan fingerprint density at radius 2 is 2.20 bits per heavy atom. The number of alkyl halides is 1. The molecule has 1 atom stereocenters. The molecule has 4 heteroatoms. The van der Waals surface area contributed by atoms with Crippen LogP contribution in [-0.2, 0) is 9.09 Å². The van der Waals surface area contributed by atoms with Crippen molar-refractivity contribution in [1.82, 2.24) is 0 Å². The predicted octanol–water partition coefficient (Wildman–Crippen LogP) is 2.72. The molecule has 0 aromatic rings. The average molecular weight is 229 g/mol. The summed E-state index contributed by atoms with van der Waals surface area (Å²) in [6.07, 6.45) is 1.61. The summed E-state index contributed by atoms with van der Waals surface area (Å²) in [4.78, 5) is 0. The quantitative estimate of drug-likeness (QED) is 0.535. The number of rotatable bonds is 5. The van der Waals surface area contributed by atoms with Crippen LogP contribution in [-0.4, -0.2) is 24.8 Å². The zero-order chi connectivity index (χ0) is 8.04. The Kier molecular flexibility index (Phi) is 5.69. The molecule has 0 aliphatic rings. The van der Waals surface area contributed by atoms with E-state index >= 15 is 0 Å². The Hall–Kier alpha value is 0.670. The summed E-state index contributed by atoms with van der Waals surface area (Å²) in [5.41, 5.74) is 0. The van der Waals surface area contributed by atoms with Crippen LogP contribution in [0, 0.1) is 0 Å². The van der Waals surface area contributed by atoms with Gasteiger partial charge in [-0.2, -0.15) is 0 Å². The highest BCUT2D eigenvalue weighted by atomic mass is 79.9. The fraction of sp³-hybridized carbons (Fsp3) is 1.00. The summed E-state index contributed by atoms with van der Waals surface area (Å²) in [6, 6.07) is 0. The summed E-state index contributed by atoms with van der Waals surface area (Å²) < 4.78 is 16.4. The van der Waals surface area contributed by atoms with Gasteiger partial charge in [0.15, 0.2) is 7.37 Å². The van der Waals surface area contributed by atoms with Gasteiger partial charge in [0.25, 0.3) is 0 Å². The van der Waals surface area contributed by atoms with Crippen molar-refractivity contribution >= 4 is 23.3 Å². The Bertz CT molecular complexity index is 127. The molecular weight excluding hydrogens is 215 g/mol. The molecule has 0 aromatic heterocycles. The molecule has 0 radical (unpaired) electrons. The van der Waals surface area contributed by atoms with Crippen molar-refractivity contribution in [3.8, 4) is 0 Å². The second kappa shape index (κ2) is 5.34. The molecule has 0 fully saturated rings. The first-order chi connectivity index (χ1) is 4.62. The lowest BCUT2D eigenvalue weighted by Crippen LogP contribution is -1.93. The van der Waals surface area contributed by atoms with E-state index < -0.39 is 7.37 Å². The fourth-order valence-corrected chi connectivity index (χ4v) is 2.81. The first-order valence-corrected chi connectivity index (χ1v) is 6.77. The Balaban J connectivity index is 3.53. The highest BCUT2D eigenvalue weighted by Gasteiger charge is 2.12. The third kappa shape index (κ3) is 5.45. The lowest BCUT2D eigenvalue weighted by atomic mass is 10.6. The van der Waals surface area contributed by atoms with Crippen LogP contribution >= 0.6 is 23.3 Å². The third-order valence-electron chi connectivity index (χ3n) is 1.10. The molecule has 0 rings (SSSR count). The van der Waals surface area contributed by atoms with Gasteiger partial charge in [0, 0.05) is 18.2 Å². The monoisotopic (exact) mass is 228 g/mol. The van der Waals surface area contributed by atoms with Gasteiger partial charge in [-0.15, -0.1) is 0 Å². The van der Waals surface area contributed by atoms with Gasteiger partial charge in [0.1, 0.15) is 0 Å². The molecule has 0 N–H and O–H groups in total. The molecule has 0 aliphatic heterocycles. The smallest absolute Gasteiger partial charge is 0.200 e. The molecule has 0 aliphatic carbocycles. The van der Waals surface area contributed by atoms with Crippen LogP contribution < -0.4 is 0 Å². The summed E-state index contributed by atoms with van der Waals surface area (Å²) in [7, 11) is -2.24. The molecule has 0 spiro atoms. The summed E-state index contributed by atoms with van der Waals surface area (Å²) >= 11 is 3.28. The zero-order valence-electron chi connectivity index (χ0n) is 6.47. The van der Waals surface area contributed by atoms with Crippen molar-refractivity contribution in [1.29, 1.82) is 0 Å².